The van der Waals surface area contributed by atoms with Gasteiger partial charge in [-0.2, -0.15) is 18.3 Å². The molecule has 8 heteroatoms. The average molecular weight is 389 g/mol. The molecule has 1 aliphatic rings. The maximum atomic E-state index is 12.5. The zero-order valence-electron chi connectivity index (χ0n) is 14.7. The van der Waals surface area contributed by atoms with E-state index in [1.165, 1.54) is 23.5 Å². The van der Waals surface area contributed by atoms with Crippen LogP contribution in [0.2, 0.25) is 0 Å². The van der Waals surface area contributed by atoms with Gasteiger partial charge in [0.15, 0.2) is 0 Å². The van der Waals surface area contributed by atoms with Gasteiger partial charge in [-0.15, -0.1) is 12.4 Å². The molecule has 0 saturated carbocycles. The molecule has 1 atom stereocenters. The Hall–Kier alpha value is -1.57. The number of piperazine rings is 1. The third-order valence-electron chi connectivity index (χ3n) is 4.54. The van der Waals surface area contributed by atoms with Crippen LogP contribution in [0.5, 0.6) is 0 Å². The summed E-state index contributed by atoms with van der Waals surface area (Å²) in [5.41, 5.74) is 3.33. The first-order valence-corrected chi connectivity index (χ1v) is 8.56. The molecule has 1 aliphatic heterocycles. The van der Waals surface area contributed by atoms with Crippen molar-refractivity contribution in [3.05, 3.63) is 53.3 Å². The Kier molecular flexibility index (Phi) is 7.08. The second-order valence-electron chi connectivity index (χ2n) is 6.45. The van der Waals surface area contributed by atoms with E-state index in [0.717, 1.165) is 36.3 Å². The fourth-order valence-electron chi connectivity index (χ4n) is 3.23. The van der Waals surface area contributed by atoms with E-state index in [9.17, 15) is 13.2 Å². The third-order valence-corrected chi connectivity index (χ3v) is 4.54. The van der Waals surface area contributed by atoms with Crippen molar-refractivity contribution < 1.29 is 13.2 Å². The van der Waals surface area contributed by atoms with Crippen LogP contribution in [0, 0.1) is 0 Å². The Morgan fingerprint density at radius 2 is 1.92 bits per heavy atom. The van der Waals surface area contributed by atoms with Gasteiger partial charge in [0, 0.05) is 44.0 Å². The summed E-state index contributed by atoms with van der Waals surface area (Å²) in [5, 5.41) is 7.24. The first kappa shape index (κ1) is 20.7. The molecule has 2 heterocycles. The maximum absolute atomic E-state index is 12.5. The minimum atomic E-state index is -4.25. The smallest absolute Gasteiger partial charge is 0.314 e. The number of aryl methyl sites for hydroxylation is 1. The largest absolute Gasteiger partial charge is 0.408 e. The fraction of sp³-hybridized carbons (Fsp3) is 0.500. The second kappa shape index (κ2) is 8.88. The van der Waals surface area contributed by atoms with Crippen molar-refractivity contribution in [2.24, 2.45) is 0 Å². The van der Waals surface area contributed by atoms with Crippen molar-refractivity contribution in [2.75, 3.05) is 19.6 Å². The van der Waals surface area contributed by atoms with Gasteiger partial charge in [-0.3, -0.25) is 9.58 Å². The molecular weight excluding hydrogens is 365 g/mol. The van der Waals surface area contributed by atoms with E-state index < -0.39 is 12.7 Å². The summed E-state index contributed by atoms with van der Waals surface area (Å²) in [4.78, 5) is 2.30. The van der Waals surface area contributed by atoms with Crippen molar-refractivity contribution >= 4 is 12.4 Å². The van der Waals surface area contributed by atoms with Crippen molar-refractivity contribution in [3.63, 3.8) is 0 Å². The first-order valence-electron chi connectivity index (χ1n) is 8.56. The van der Waals surface area contributed by atoms with E-state index in [0.29, 0.717) is 6.54 Å². The molecule has 1 aromatic heterocycles. The van der Waals surface area contributed by atoms with Crippen LogP contribution in [0.1, 0.15) is 29.7 Å². The molecule has 0 amide bonds. The fourth-order valence-corrected chi connectivity index (χ4v) is 3.23. The molecule has 0 radical (unpaired) electrons. The maximum Gasteiger partial charge on any atom is 0.408 e. The number of rotatable bonds is 5. The number of nitrogens with one attached hydrogen (secondary N) is 1. The summed E-state index contributed by atoms with van der Waals surface area (Å²) in [7, 11) is 0. The van der Waals surface area contributed by atoms with Crippen molar-refractivity contribution in [3.8, 4) is 0 Å². The highest BCUT2D eigenvalue weighted by Crippen LogP contribution is 2.25. The number of hydrogen-bond donors (Lipinski definition) is 1. The summed E-state index contributed by atoms with van der Waals surface area (Å²) < 4.78 is 38.4. The van der Waals surface area contributed by atoms with Crippen LogP contribution in [0.3, 0.4) is 0 Å². The predicted molar refractivity (Wildman–Crippen MR) is 97.4 cm³/mol. The molecule has 0 aliphatic carbocycles. The SMILES string of the molecule is CCc1ccc(C2CNCCN2Cc2cnn(CC(F)(F)F)c2)cc1.Cl. The van der Waals surface area contributed by atoms with E-state index in [2.05, 4.69) is 46.5 Å². The molecule has 1 saturated heterocycles. The monoisotopic (exact) mass is 388 g/mol. The van der Waals surface area contributed by atoms with E-state index >= 15 is 0 Å². The van der Waals surface area contributed by atoms with Gasteiger partial charge in [-0.25, -0.2) is 0 Å². The molecule has 144 valence electrons. The zero-order chi connectivity index (χ0) is 17.9. The normalized spacial score (nSPS) is 18.5. The predicted octanol–water partition coefficient (Wildman–Crippen LogP) is 3.58. The lowest BCUT2D eigenvalue weighted by molar-refractivity contribution is -0.142. The number of benzene rings is 1. The molecule has 26 heavy (non-hydrogen) atoms. The highest BCUT2D eigenvalue weighted by Gasteiger charge is 2.29. The van der Waals surface area contributed by atoms with Gasteiger partial charge in [0.25, 0.3) is 0 Å². The van der Waals surface area contributed by atoms with Gasteiger partial charge in [0.1, 0.15) is 6.54 Å². The number of halogens is 4. The molecule has 1 N–H and O–H groups in total. The van der Waals surface area contributed by atoms with Crippen LogP contribution >= 0.6 is 12.4 Å². The Morgan fingerprint density at radius 1 is 1.19 bits per heavy atom. The quantitative estimate of drug-likeness (QED) is 0.850. The first-order chi connectivity index (χ1) is 11.9. The summed E-state index contributed by atoms with van der Waals surface area (Å²) >= 11 is 0. The molecule has 1 unspecified atom stereocenters. The molecular formula is C18H24ClF3N4. The zero-order valence-corrected chi connectivity index (χ0v) is 15.5. The van der Waals surface area contributed by atoms with Crippen LogP contribution in [-0.2, 0) is 19.5 Å². The molecule has 3 rings (SSSR count). The van der Waals surface area contributed by atoms with Gasteiger partial charge in [0.05, 0.1) is 6.20 Å². The van der Waals surface area contributed by atoms with Crippen LogP contribution in [0.15, 0.2) is 36.7 Å². The molecule has 2 aromatic rings. The van der Waals surface area contributed by atoms with Crippen molar-refractivity contribution in [2.45, 2.75) is 38.7 Å². The minimum absolute atomic E-state index is 0. The van der Waals surface area contributed by atoms with Gasteiger partial charge in [-0.05, 0) is 17.5 Å². The van der Waals surface area contributed by atoms with Crippen LogP contribution in [0.25, 0.3) is 0 Å². The summed E-state index contributed by atoms with van der Waals surface area (Å²) in [6.45, 7) is 4.24. The van der Waals surface area contributed by atoms with Gasteiger partial charge in [-0.1, -0.05) is 31.2 Å². The number of alkyl halides is 3. The number of hydrogen-bond acceptors (Lipinski definition) is 3. The topological polar surface area (TPSA) is 33.1 Å². The lowest BCUT2D eigenvalue weighted by Gasteiger charge is -2.36. The Morgan fingerprint density at radius 3 is 2.58 bits per heavy atom. The number of nitrogens with zero attached hydrogens (tertiary/aromatic N) is 3. The Bertz CT molecular complexity index is 684. The van der Waals surface area contributed by atoms with Crippen molar-refractivity contribution in [1.29, 1.82) is 0 Å². The van der Waals surface area contributed by atoms with Crippen LogP contribution in [0.4, 0.5) is 13.2 Å². The molecule has 1 fully saturated rings. The van der Waals surface area contributed by atoms with Crippen molar-refractivity contribution in [1.82, 2.24) is 20.0 Å². The van der Waals surface area contributed by atoms with E-state index in [1.54, 1.807) is 0 Å². The molecule has 1 aromatic carbocycles. The summed E-state index contributed by atoms with van der Waals surface area (Å²) in [6, 6.07) is 8.80. The van der Waals surface area contributed by atoms with Crippen LogP contribution < -0.4 is 5.32 Å². The second-order valence-corrected chi connectivity index (χ2v) is 6.45. The molecule has 0 spiro atoms. The van der Waals surface area contributed by atoms with Gasteiger partial charge in [0.2, 0.25) is 0 Å². The van der Waals surface area contributed by atoms with Gasteiger partial charge < -0.3 is 5.32 Å². The third kappa shape index (κ3) is 5.46. The van der Waals surface area contributed by atoms with E-state index in [1.807, 2.05) is 0 Å². The number of aromatic nitrogens is 2. The standard InChI is InChI=1S/C18H23F3N4.ClH/c1-2-14-3-5-16(6-4-14)17-10-22-7-8-24(17)11-15-9-23-25(12-15)13-18(19,20)21;/h3-6,9,12,17,22H,2,7-8,10-11,13H2,1H3;1H. The Labute approximate surface area is 157 Å². The lowest BCUT2D eigenvalue weighted by atomic mass is 10.0. The van der Waals surface area contributed by atoms with Gasteiger partial charge >= 0.3 is 6.18 Å². The Balaban J connectivity index is 0.00000243. The summed E-state index contributed by atoms with van der Waals surface area (Å²) in [5.74, 6) is 0. The summed E-state index contributed by atoms with van der Waals surface area (Å²) in [6.07, 6.45) is -0.217. The molecule has 0 bridgehead atoms. The average Bonchev–Trinajstić information content (AvgIpc) is 3.00. The highest BCUT2D eigenvalue weighted by molar-refractivity contribution is 5.85. The molecule has 4 nitrogen and oxygen atoms in total. The van der Waals surface area contributed by atoms with Crippen LogP contribution in [-0.4, -0.2) is 40.5 Å². The van der Waals surface area contributed by atoms with E-state index in [-0.39, 0.29) is 18.4 Å². The lowest BCUT2D eigenvalue weighted by Crippen LogP contribution is -2.45. The highest BCUT2D eigenvalue weighted by atomic mass is 35.5. The minimum Gasteiger partial charge on any atom is -0.314 e. The van der Waals surface area contributed by atoms with E-state index in [4.69, 9.17) is 0 Å².